The second-order valence-electron chi connectivity index (χ2n) is 4.47. The number of amides is 2. The lowest BCUT2D eigenvalue weighted by Crippen LogP contribution is -2.31. The largest absolute Gasteiger partial charge is 0.351 e. The third-order valence-electron chi connectivity index (χ3n) is 2.86. The monoisotopic (exact) mass is 386 g/mol. The van der Waals surface area contributed by atoms with Gasteiger partial charge in [0.15, 0.2) is 0 Å². The number of carbonyl (C=O) groups is 2. The smallest absolute Gasteiger partial charge is 0.252 e. The fraction of sp³-hybridized carbons (Fsp3) is 0.286. The molecule has 0 aromatic carbocycles. The lowest BCUT2D eigenvalue weighted by molar-refractivity contribution is -0.130. The molecule has 0 spiro atoms. The molecule has 21 heavy (non-hydrogen) atoms. The summed E-state index contributed by atoms with van der Waals surface area (Å²) in [6.07, 6.45) is 0.304. The van der Waals surface area contributed by atoms with Crippen molar-refractivity contribution >= 4 is 50.4 Å². The number of halogens is 1. The molecule has 112 valence electrons. The number of nitrogens with zero attached hydrogens (tertiary/aromatic N) is 1. The highest BCUT2D eigenvalue weighted by molar-refractivity contribution is 9.11. The highest BCUT2D eigenvalue weighted by Crippen LogP contribution is 2.23. The highest BCUT2D eigenvalue weighted by Gasteiger charge is 2.11. The molecule has 0 aliphatic carbocycles. The summed E-state index contributed by atoms with van der Waals surface area (Å²) in [5.74, 6) is -0.112. The second kappa shape index (κ2) is 7.72. The highest BCUT2D eigenvalue weighted by atomic mass is 79.9. The van der Waals surface area contributed by atoms with Gasteiger partial charge in [-0.25, -0.2) is 0 Å². The van der Waals surface area contributed by atoms with E-state index < -0.39 is 0 Å². The first-order valence-electron chi connectivity index (χ1n) is 6.35. The van der Waals surface area contributed by atoms with Crippen LogP contribution in [0.5, 0.6) is 0 Å². The Morgan fingerprint density at radius 3 is 2.76 bits per heavy atom. The lowest BCUT2D eigenvalue weighted by atomic mass is 10.3. The first kappa shape index (κ1) is 16.2. The molecule has 0 radical (unpaired) electrons. The standard InChI is InChI=1S/C14H15BrN2O2S2/c1-17(8-11-2-3-12(15)21-11)13(18)4-6-16-14(19)10-5-7-20-9-10/h2-3,5,7,9H,4,6,8H2,1H3,(H,16,19). The molecular formula is C14H15BrN2O2S2. The Labute approximate surface area is 139 Å². The lowest BCUT2D eigenvalue weighted by Gasteiger charge is -2.16. The Hall–Kier alpha value is -1.18. The zero-order valence-corrected chi connectivity index (χ0v) is 14.7. The van der Waals surface area contributed by atoms with Gasteiger partial charge in [-0.05, 0) is 39.5 Å². The molecule has 0 unspecified atom stereocenters. The Bertz CT molecular complexity index is 610. The zero-order valence-electron chi connectivity index (χ0n) is 11.5. The van der Waals surface area contributed by atoms with Crippen LogP contribution in [0.25, 0.3) is 0 Å². The molecule has 0 saturated heterocycles. The van der Waals surface area contributed by atoms with E-state index in [9.17, 15) is 9.59 Å². The number of thiophene rings is 2. The summed E-state index contributed by atoms with van der Waals surface area (Å²) < 4.78 is 1.06. The van der Waals surface area contributed by atoms with Crippen LogP contribution < -0.4 is 5.32 Å². The maximum Gasteiger partial charge on any atom is 0.252 e. The van der Waals surface area contributed by atoms with E-state index in [2.05, 4.69) is 21.2 Å². The van der Waals surface area contributed by atoms with Crippen molar-refractivity contribution in [2.45, 2.75) is 13.0 Å². The third-order valence-corrected chi connectivity index (χ3v) is 5.15. The van der Waals surface area contributed by atoms with Crippen molar-refractivity contribution in [3.8, 4) is 0 Å². The average molecular weight is 387 g/mol. The molecule has 2 aromatic rings. The van der Waals surface area contributed by atoms with Crippen molar-refractivity contribution in [3.63, 3.8) is 0 Å². The van der Waals surface area contributed by atoms with Crippen LogP contribution in [0.4, 0.5) is 0 Å². The number of carbonyl (C=O) groups excluding carboxylic acids is 2. The first-order valence-corrected chi connectivity index (χ1v) is 8.90. The molecule has 0 atom stereocenters. The molecule has 7 heteroatoms. The van der Waals surface area contributed by atoms with E-state index in [0.29, 0.717) is 25.1 Å². The quantitative estimate of drug-likeness (QED) is 0.827. The molecule has 1 N–H and O–H groups in total. The van der Waals surface area contributed by atoms with Gasteiger partial charge in [0.05, 0.1) is 10.3 Å². The minimum Gasteiger partial charge on any atom is -0.351 e. The molecule has 0 saturated carbocycles. The van der Waals surface area contributed by atoms with E-state index in [1.807, 2.05) is 17.5 Å². The van der Waals surface area contributed by atoms with Gasteiger partial charge in [-0.2, -0.15) is 11.3 Å². The van der Waals surface area contributed by atoms with Crippen LogP contribution in [0, 0.1) is 0 Å². The van der Waals surface area contributed by atoms with Crippen LogP contribution in [0.15, 0.2) is 32.7 Å². The molecule has 4 nitrogen and oxygen atoms in total. The Kier molecular flexibility index (Phi) is 5.96. The molecule has 2 aromatic heterocycles. The van der Waals surface area contributed by atoms with Crippen LogP contribution >= 0.6 is 38.6 Å². The summed E-state index contributed by atoms with van der Waals surface area (Å²) in [7, 11) is 1.77. The molecule has 2 amide bonds. The van der Waals surface area contributed by atoms with Gasteiger partial charge in [0.2, 0.25) is 5.91 Å². The van der Waals surface area contributed by atoms with Crippen molar-refractivity contribution in [2.24, 2.45) is 0 Å². The summed E-state index contributed by atoms with van der Waals surface area (Å²) in [5.41, 5.74) is 0.643. The number of rotatable bonds is 6. The van der Waals surface area contributed by atoms with Crippen molar-refractivity contribution < 1.29 is 9.59 Å². The van der Waals surface area contributed by atoms with E-state index in [1.165, 1.54) is 11.3 Å². The van der Waals surface area contributed by atoms with Crippen molar-refractivity contribution in [1.29, 1.82) is 0 Å². The van der Waals surface area contributed by atoms with Gasteiger partial charge in [0.1, 0.15) is 0 Å². The van der Waals surface area contributed by atoms with Crippen LogP contribution in [-0.2, 0) is 11.3 Å². The summed E-state index contributed by atoms with van der Waals surface area (Å²) in [4.78, 5) is 26.5. The van der Waals surface area contributed by atoms with Gasteiger partial charge in [-0.1, -0.05) is 0 Å². The summed E-state index contributed by atoms with van der Waals surface area (Å²) in [6.45, 7) is 0.944. The SMILES string of the molecule is CN(Cc1ccc(Br)s1)C(=O)CCNC(=O)c1ccsc1. The first-order chi connectivity index (χ1) is 10.1. The summed E-state index contributed by atoms with van der Waals surface area (Å²) in [6, 6.07) is 5.73. The number of hydrogen-bond acceptors (Lipinski definition) is 4. The maximum absolute atomic E-state index is 12.0. The number of nitrogens with one attached hydrogen (secondary N) is 1. The molecule has 2 heterocycles. The van der Waals surface area contributed by atoms with Gasteiger partial charge in [0.25, 0.3) is 5.91 Å². The molecule has 0 aliphatic heterocycles. The number of hydrogen-bond donors (Lipinski definition) is 1. The summed E-state index contributed by atoms with van der Waals surface area (Å²) in [5, 5.41) is 6.40. The van der Waals surface area contributed by atoms with Crippen LogP contribution in [-0.4, -0.2) is 30.3 Å². The van der Waals surface area contributed by atoms with Crippen molar-refractivity contribution in [2.75, 3.05) is 13.6 Å². The fourth-order valence-electron chi connectivity index (χ4n) is 1.73. The van der Waals surface area contributed by atoms with E-state index >= 15 is 0 Å². The van der Waals surface area contributed by atoms with Gasteiger partial charge >= 0.3 is 0 Å². The molecular weight excluding hydrogens is 372 g/mol. The van der Waals surface area contributed by atoms with E-state index in [-0.39, 0.29) is 11.8 Å². The Morgan fingerprint density at radius 2 is 2.14 bits per heavy atom. The predicted octanol–water partition coefficient (Wildman–Crippen LogP) is 3.35. The third kappa shape index (κ3) is 4.94. The van der Waals surface area contributed by atoms with E-state index in [1.54, 1.807) is 34.7 Å². The van der Waals surface area contributed by atoms with Crippen LogP contribution in [0.2, 0.25) is 0 Å². The van der Waals surface area contributed by atoms with Gasteiger partial charge in [0, 0.05) is 35.8 Å². The van der Waals surface area contributed by atoms with Gasteiger partial charge in [-0.15, -0.1) is 11.3 Å². The minimum atomic E-state index is -0.131. The van der Waals surface area contributed by atoms with Crippen LogP contribution in [0.1, 0.15) is 21.7 Å². The average Bonchev–Trinajstić information content (AvgIpc) is 3.10. The van der Waals surface area contributed by atoms with E-state index in [4.69, 9.17) is 0 Å². The van der Waals surface area contributed by atoms with Crippen molar-refractivity contribution in [1.82, 2.24) is 10.2 Å². The fourth-order valence-corrected chi connectivity index (χ4v) is 3.90. The zero-order chi connectivity index (χ0) is 15.2. The van der Waals surface area contributed by atoms with Gasteiger partial charge < -0.3 is 10.2 Å². The molecule has 2 rings (SSSR count). The van der Waals surface area contributed by atoms with Crippen LogP contribution in [0.3, 0.4) is 0 Å². The Morgan fingerprint density at radius 1 is 1.33 bits per heavy atom. The molecule has 0 fully saturated rings. The Balaban J connectivity index is 1.72. The molecule has 0 aliphatic rings. The summed E-state index contributed by atoms with van der Waals surface area (Å²) >= 11 is 6.50. The van der Waals surface area contributed by atoms with Gasteiger partial charge in [-0.3, -0.25) is 9.59 Å². The normalized spacial score (nSPS) is 10.4. The molecule has 0 bridgehead atoms. The second-order valence-corrected chi connectivity index (χ2v) is 7.80. The maximum atomic E-state index is 12.0. The van der Waals surface area contributed by atoms with Crippen molar-refractivity contribution in [3.05, 3.63) is 43.2 Å². The predicted molar refractivity (Wildman–Crippen MR) is 89.8 cm³/mol. The minimum absolute atomic E-state index is 0.0186. The topological polar surface area (TPSA) is 49.4 Å². The van der Waals surface area contributed by atoms with E-state index in [0.717, 1.165) is 8.66 Å².